The van der Waals surface area contributed by atoms with E-state index < -0.39 is 10.0 Å². The van der Waals surface area contributed by atoms with Crippen molar-refractivity contribution < 1.29 is 17.9 Å². The van der Waals surface area contributed by atoms with Crippen molar-refractivity contribution in [3.63, 3.8) is 0 Å². The molecule has 2 rings (SSSR count). The minimum atomic E-state index is -3.33. The summed E-state index contributed by atoms with van der Waals surface area (Å²) in [6, 6.07) is 7.01. The molecule has 0 saturated carbocycles. The van der Waals surface area contributed by atoms with Crippen LogP contribution in [0.1, 0.15) is 32.6 Å². The molecule has 1 N–H and O–H groups in total. The zero-order valence-electron chi connectivity index (χ0n) is 13.5. The third-order valence-electron chi connectivity index (χ3n) is 3.74. The van der Waals surface area contributed by atoms with Crippen molar-refractivity contribution in [1.82, 2.24) is 4.31 Å². The summed E-state index contributed by atoms with van der Waals surface area (Å²) in [5.74, 6) is 0.295. The first-order chi connectivity index (χ1) is 11.0. The number of amides is 1. The number of nitrogens with zero attached hydrogens (tertiary/aromatic N) is 1. The van der Waals surface area contributed by atoms with Crippen LogP contribution in [0.15, 0.2) is 24.3 Å². The second-order valence-electron chi connectivity index (χ2n) is 5.53. The van der Waals surface area contributed by atoms with Crippen molar-refractivity contribution in [3.8, 4) is 5.75 Å². The highest BCUT2D eigenvalue weighted by Crippen LogP contribution is 2.17. The van der Waals surface area contributed by atoms with E-state index in [1.54, 1.807) is 24.3 Å². The van der Waals surface area contributed by atoms with Crippen molar-refractivity contribution in [1.29, 1.82) is 0 Å². The van der Waals surface area contributed by atoms with E-state index in [1.807, 2.05) is 6.92 Å². The number of hydrogen-bond donors (Lipinski definition) is 1. The summed E-state index contributed by atoms with van der Waals surface area (Å²) in [6.07, 6.45) is 2.84. The summed E-state index contributed by atoms with van der Waals surface area (Å²) in [7, 11) is -3.33. The molecule has 1 aliphatic heterocycles. The minimum absolute atomic E-state index is 0.0357. The van der Waals surface area contributed by atoms with E-state index in [1.165, 1.54) is 4.31 Å². The van der Waals surface area contributed by atoms with Gasteiger partial charge in [0.2, 0.25) is 15.9 Å². The maximum absolute atomic E-state index is 12.2. The van der Waals surface area contributed by atoms with Gasteiger partial charge >= 0.3 is 0 Å². The van der Waals surface area contributed by atoms with Gasteiger partial charge in [-0.1, -0.05) is 6.42 Å². The molecule has 6 nitrogen and oxygen atoms in total. The smallest absolute Gasteiger partial charge is 0.225 e. The molecule has 0 bridgehead atoms. The van der Waals surface area contributed by atoms with Crippen molar-refractivity contribution in [2.45, 2.75) is 32.6 Å². The summed E-state index contributed by atoms with van der Waals surface area (Å²) in [5.41, 5.74) is 0.633. The van der Waals surface area contributed by atoms with E-state index in [-0.39, 0.29) is 18.1 Å². The molecule has 1 aromatic rings. The summed E-state index contributed by atoms with van der Waals surface area (Å²) < 4.78 is 31.2. The normalized spacial score (nSPS) is 16.0. The Hall–Kier alpha value is -1.60. The van der Waals surface area contributed by atoms with Crippen LogP contribution >= 0.6 is 0 Å². The molecule has 1 fully saturated rings. The molecule has 1 heterocycles. The predicted octanol–water partition coefficient (Wildman–Crippen LogP) is 2.23. The van der Waals surface area contributed by atoms with E-state index in [0.29, 0.717) is 25.4 Å². The summed E-state index contributed by atoms with van der Waals surface area (Å²) in [6.45, 7) is 3.63. The van der Waals surface area contributed by atoms with Crippen molar-refractivity contribution in [2.24, 2.45) is 0 Å². The average molecular weight is 340 g/mol. The van der Waals surface area contributed by atoms with Gasteiger partial charge in [-0.15, -0.1) is 0 Å². The molecule has 1 amide bonds. The quantitative estimate of drug-likeness (QED) is 0.826. The SMILES string of the molecule is CCOc1ccc(NC(=O)CCS(=O)(=O)N2CCCCC2)cc1. The third-order valence-corrected chi connectivity index (χ3v) is 5.62. The first-order valence-electron chi connectivity index (χ1n) is 8.02. The highest BCUT2D eigenvalue weighted by atomic mass is 32.2. The lowest BCUT2D eigenvalue weighted by Crippen LogP contribution is -2.37. The van der Waals surface area contributed by atoms with E-state index in [2.05, 4.69) is 5.32 Å². The van der Waals surface area contributed by atoms with Crippen LogP contribution in [0.5, 0.6) is 5.75 Å². The van der Waals surface area contributed by atoms with Gasteiger partial charge in [0.1, 0.15) is 5.75 Å². The number of piperidine rings is 1. The number of carbonyl (C=O) groups excluding carboxylic acids is 1. The molecule has 0 unspecified atom stereocenters. The fraction of sp³-hybridized carbons (Fsp3) is 0.562. The van der Waals surface area contributed by atoms with Gasteiger partial charge in [0.15, 0.2) is 0 Å². The van der Waals surface area contributed by atoms with Crippen LogP contribution in [0.4, 0.5) is 5.69 Å². The molecular formula is C16H24N2O4S. The van der Waals surface area contributed by atoms with E-state index in [4.69, 9.17) is 4.74 Å². The van der Waals surface area contributed by atoms with Crippen LogP contribution in [0.3, 0.4) is 0 Å². The maximum Gasteiger partial charge on any atom is 0.225 e. The highest BCUT2D eigenvalue weighted by Gasteiger charge is 2.24. The molecule has 0 spiro atoms. The second kappa shape index (κ2) is 8.31. The number of ether oxygens (including phenoxy) is 1. The lowest BCUT2D eigenvalue weighted by Gasteiger charge is -2.25. The monoisotopic (exact) mass is 340 g/mol. The zero-order chi connectivity index (χ0) is 16.7. The molecule has 1 aromatic carbocycles. The Bertz CT molecular complexity index is 607. The average Bonchev–Trinajstić information content (AvgIpc) is 2.56. The molecule has 128 valence electrons. The molecule has 1 saturated heterocycles. The van der Waals surface area contributed by atoms with Crippen molar-refractivity contribution in [3.05, 3.63) is 24.3 Å². The minimum Gasteiger partial charge on any atom is -0.494 e. The first-order valence-corrected chi connectivity index (χ1v) is 9.63. The second-order valence-corrected chi connectivity index (χ2v) is 7.62. The Balaban J connectivity index is 1.82. The van der Waals surface area contributed by atoms with Crippen LogP contribution in [0.2, 0.25) is 0 Å². The van der Waals surface area contributed by atoms with Gasteiger partial charge in [0, 0.05) is 25.2 Å². The summed E-state index contributed by atoms with van der Waals surface area (Å²) in [4.78, 5) is 11.9. The number of benzene rings is 1. The maximum atomic E-state index is 12.2. The van der Waals surface area contributed by atoms with Gasteiger partial charge in [-0.3, -0.25) is 4.79 Å². The number of sulfonamides is 1. The number of nitrogens with one attached hydrogen (secondary N) is 1. The summed E-state index contributed by atoms with van der Waals surface area (Å²) >= 11 is 0. The highest BCUT2D eigenvalue weighted by molar-refractivity contribution is 7.89. The third kappa shape index (κ3) is 5.51. The van der Waals surface area contributed by atoms with Gasteiger partial charge in [-0.25, -0.2) is 12.7 Å². The molecule has 0 aliphatic carbocycles. The number of rotatable bonds is 7. The molecule has 0 atom stereocenters. The van der Waals surface area contributed by atoms with Gasteiger partial charge < -0.3 is 10.1 Å². The van der Waals surface area contributed by atoms with Crippen LogP contribution < -0.4 is 10.1 Å². The largest absolute Gasteiger partial charge is 0.494 e. The fourth-order valence-electron chi connectivity index (χ4n) is 2.52. The van der Waals surface area contributed by atoms with Gasteiger partial charge in [-0.05, 0) is 44.0 Å². The molecule has 0 aromatic heterocycles. The number of anilines is 1. The van der Waals surface area contributed by atoms with Gasteiger partial charge in [0.25, 0.3) is 0 Å². The first kappa shape index (κ1) is 17.7. The van der Waals surface area contributed by atoms with Crippen molar-refractivity contribution >= 4 is 21.6 Å². The molecule has 1 aliphatic rings. The summed E-state index contributed by atoms with van der Waals surface area (Å²) in [5, 5.41) is 2.71. The van der Waals surface area contributed by atoms with E-state index in [0.717, 1.165) is 25.0 Å². The topological polar surface area (TPSA) is 75.7 Å². The predicted molar refractivity (Wildman–Crippen MR) is 90.1 cm³/mol. The Morgan fingerprint density at radius 3 is 2.43 bits per heavy atom. The Morgan fingerprint density at radius 2 is 1.83 bits per heavy atom. The number of carbonyl (C=O) groups is 1. The van der Waals surface area contributed by atoms with Crippen LogP contribution in [0, 0.1) is 0 Å². The molecule has 0 radical (unpaired) electrons. The Labute approximate surface area is 137 Å². The van der Waals surface area contributed by atoms with Crippen LogP contribution in [0.25, 0.3) is 0 Å². The van der Waals surface area contributed by atoms with Gasteiger partial charge in [-0.2, -0.15) is 0 Å². The lowest BCUT2D eigenvalue weighted by molar-refractivity contribution is -0.115. The standard InChI is InChI=1S/C16H24N2O4S/c1-2-22-15-8-6-14(7-9-15)17-16(19)10-13-23(20,21)18-11-4-3-5-12-18/h6-9H,2-5,10-13H2,1H3,(H,17,19). The lowest BCUT2D eigenvalue weighted by atomic mass is 10.2. The van der Waals surface area contributed by atoms with E-state index in [9.17, 15) is 13.2 Å². The Morgan fingerprint density at radius 1 is 1.17 bits per heavy atom. The zero-order valence-corrected chi connectivity index (χ0v) is 14.3. The number of hydrogen-bond acceptors (Lipinski definition) is 4. The van der Waals surface area contributed by atoms with E-state index >= 15 is 0 Å². The van der Waals surface area contributed by atoms with Crippen LogP contribution in [-0.2, 0) is 14.8 Å². The molecule has 7 heteroatoms. The molecule has 23 heavy (non-hydrogen) atoms. The Kier molecular flexibility index (Phi) is 6.41. The van der Waals surface area contributed by atoms with Crippen LogP contribution in [-0.4, -0.2) is 44.1 Å². The van der Waals surface area contributed by atoms with Crippen molar-refractivity contribution in [2.75, 3.05) is 30.8 Å². The van der Waals surface area contributed by atoms with Gasteiger partial charge in [0.05, 0.1) is 12.4 Å². The molecular weight excluding hydrogens is 316 g/mol. The fourth-order valence-corrected chi connectivity index (χ4v) is 4.03.